The van der Waals surface area contributed by atoms with Crippen molar-refractivity contribution in [2.45, 2.75) is 32.1 Å². The fourth-order valence-corrected chi connectivity index (χ4v) is 2.53. The maximum absolute atomic E-state index is 12.8. The number of carbonyl (C=O) groups is 1. The highest BCUT2D eigenvalue weighted by Gasteiger charge is 2.33. The number of hydrogen-bond donors (Lipinski definition) is 1. The van der Waals surface area contributed by atoms with E-state index in [1.807, 2.05) is 26.8 Å². The van der Waals surface area contributed by atoms with Crippen LogP contribution in [0, 0.1) is 11.3 Å². The predicted octanol–water partition coefficient (Wildman–Crippen LogP) is 1.61. The molecule has 0 bridgehead atoms. The average Bonchev–Trinajstić information content (AvgIpc) is 3.08. The molecule has 0 aliphatic carbocycles. The molecule has 1 aromatic carbocycles. The molecule has 1 N–H and O–H groups in total. The van der Waals surface area contributed by atoms with Gasteiger partial charge in [-0.2, -0.15) is 10.5 Å². The molecule has 0 saturated heterocycles. The molecule has 0 radical (unpaired) electrons. The summed E-state index contributed by atoms with van der Waals surface area (Å²) < 4.78 is 0. The molecule has 0 saturated carbocycles. The van der Waals surface area contributed by atoms with Crippen molar-refractivity contribution in [1.29, 1.82) is 5.26 Å². The van der Waals surface area contributed by atoms with Gasteiger partial charge in [-0.05, 0) is 31.5 Å². The van der Waals surface area contributed by atoms with E-state index < -0.39 is 5.41 Å². The number of nitrogens with one attached hydrogen (secondary N) is 1. The molecule has 120 valence electrons. The van der Waals surface area contributed by atoms with E-state index in [1.54, 1.807) is 30.1 Å². The fourth-order valence-electron chi connectivity index (χ4n) is 2.53. The third-order valence-electron chi connectivity index (χ3n) is 3.94. The van der Waals surface area contributed by atoms with Gasteiger partial charge in [-0.3, -0.25) is 4.79 Å². The van der Waals surface area contributed by atoms with E-state index in [1.165, 1.54) is 0 Å². The van der Waals surface area contributed by atoms with E-state index in [0.717, 1.165) is 5.56 Å². The number of likely N-dealkylation sites (N-methyl/N-ethyl adjacent to an activating group) is 1. The van der Waals surface area contributed by atoms with Crippen molar-refractivity contribution in [3.63, 3.8) is 0 Å². The third-order valence-corrected chi connectivity index (χ3v) is 3.94. The summed E-state index contributed by atoms with van der Waals surface area (Å²) in [5, 5.41) is 22.9. The molecule has 0 fully saturated rings. The first-order valence-corrected chi connectivity index (χ1v) is 7.35. The molecule has 0 aliphatic rings. The molecule has 23 heavy (non-hydrogen) atoms. The lowest BCUT2D eigenvalue weighted by Crippen LogP contribution is -2.42. The zero-order chi connectivity index (χ0) is 17.0. The summed E-state index contributed by atoms with van der Waals surface area (Å²) in [5.74, 6) is 0.529. The molecule has 2 rings (SSSR count). The van der Waals surface area contributed by atoms with Gasteiger partial charge in [0, 0.05) is 19.5 Å². The second kappa shape index (κ2) is 6.57. The van der Waals surface area contributed by atoms with E-state index >= 15 is 0 Å². The Morgan fingerprint density at radius 3 is 2.83 bits per heavy atom. The number of rotatable bonds is 5. The SMILES string of the molecule is C[C@H](CN(C)C(=O)C(C)(C)c1cccc(C#N)c1)c1nn[nH]n1. The molecular weight excluding hydrogens is 292 g/mol. The Kier molecular flexibility index (Phi) is 4.74. The lowest BCUT2D eigenvalue weighted by atomic mass is 9.82. The van der Waals surface area contributed by atoms with Gasteiger partial charge in [0.15, 0.2) is 5.82 Å². The van der Waals surface area contributed by atoms with Crippen LogP contribution in [-0.2, 0) is 10.2 Å². The minimum Gasteiger partial charge on any atom is -0.344 e. The highest BCUT2D eigenvalue weighted by molar-refractivity contribution is 5.87. The molecular formula is C16H20N6O. The van der Waals surface area contributed by atoms with Crippen LogP contribution < -0.4 is 0 Å². The van der Waals surface area contributed by atoms with Crippen LogP contribution in [-0.4, -0.2) is 45.0 Å². The number of tetrazole rings is 1. The summed E-state index contributed by atoms with van der Waals surface area (Å²) in [5.41, 5.74) is 0.644. The van der Waals surface area contributed by atoms with E-state index in [-0.39, 0.29) is 11.8 Å². The van der Waals surface area contributed by atoms with Crippen LogP contribution in [0.25, 0.3) is 0 Å². The Hall–Kier alpha value is -2.75. The molecule has 7 heteroatoms. The van der Waals surface area contributed by atoms with E-state index in [4.69, 9.17) is 5.26 Å². The number of aromatic nitrogens is 4. The van der Waals surface area contributed by atoms with Gasteiger partial charge in [0.25, 0.3) is 0 Å². The molecule has 7 nitrogen and oxygen atoms in total. The van der Waals surface area contributed by atoms with Crippen molar-refractivity contribution in [2.24, 2.45) is 0 Å². The van der Waals surface area contributed by atoms with Gasteiger partial charge in [0.1, 0.15) is 0 Å². The van der Waals surface area contributed by atoms with Crippen LogP contribution in [0.15, 0.2) is 24.3 Å². The number of carbonyl (C=O) groups excluding carboxylic acids is 1. The minimum atomic E-state index is -0.724. The van der Waals surface area contributed by atoms with Gasteiger partial charge < -0.3 is 4.90 Å². The number of hydrogen-bond acceptors (Lipinski definition) is 5. The Morgan fingerprint density at radius 2 is 2.22 bits per heavy atom. The van der Waals surface area contributed by atoms with E-state index in [0.29, 0.717) is 17.9 Å². The van der Waals surface area contributed by atoms with Crippen molar-refractivity contribution in [3.8, 4) is 6.07 Å². The topological polar surface area (TPSA) is 98.6 Å². The van der Waals surface area contributed by atoms with Gasteiger partial charge in [0.05, 0.1) is 17.0 Å². The van der Waals surface area contributed by atoms with Gasteiger partial charge in [-0.1, -0.05) is 24.3 Å². The highest BCUT2D eigenvalue weighted by Crippen LogP contribution is 2.27. The molecule has 0 spiro atoms. The number of aromatic amines is 1. The molecule has 0 unspecified atom stereocenters. The first kappa shape index (κ1) is 16.6. The predicted molar refractivity (Wildman–Crippen MR) is 84.4 cm³/mol. The van der Waals surface area contributed by atoms with Crippen LogP contribution in [0.4, 0.5) is 0 Å². The molecule has 0 aliphatic heterocycles. The van der Waals surface area contributed by atoms with Gasteiger partial charge in [-0.15, -0.1) is 10.2 Å². The van der Waals surface area contributed by atoms with Gasteiger partial charge in [-0.25, -0.2) is 0 Å². The summed E-state index contributed by atoms with van der Waals surface area (Å²) in [4.78, 5) is 14.5. The largest absolute Gasteiger partial charge is 0.344 e. The summed E-state index contributed by atoms with van der Waals surface area (Å²) in [6, 6.07) is 9.26. The summed E-state index contributed by atoms with van der Waals surface area (Å²) in [6.45, 7) is 6.15. The lowest BCUT2D eigenvalue weighted by Gasteiger charge is -2.31. The first-order valence-electron chi connectivity index (χ1n) is 7.35. The molecule has 1 heterocycles. The normalized spacial score (nSPS) is 12.5. The Morgan fingerprint density at radius 1 is 1.48 bits per heavy atom. The number of H-pyrrole nitrogens is 1. The number of nitrogens with zero attached hydrogens (tertiary/aromatic N) is 5. The van der Waals surface area contributed by atoms with Crippen LogP contribution in [0.1, 0.15) is 43.6 Å². The Bertz CT molecular complexity index is 716. The first-order chi connectivity index (χ1) is 10.9. The maximum atomic E-state index is 12.8. The molecule has 1 atom stereocenters. The van der Waals surface area contributed by atoms with Crippen molar-refractivity contribution in [3.05, 3.63) is 41.2 Å². The monoisotopic (exact) mass is 312 g/mol. The zero-order valence-corrected chi connectivity index (χ0v) is 13.7. The maximum Gasteiger partial charge on any atom is 0.232 e. The standard InChI is InChI=1S/C16H20N6O/c1-11(14-18-20-21-19-14)10-22(4)15(23)16(2,3)13-7-5-6-12(8-13)9-17/h5-8,11H,10H2,1-4H3,(H,18,19,20,21)/t11-/m1/s1. The highest BCUT2D eigenvalue weighted by atomic mass is 16.2. The summed E-state index contributed by atoms with van der Waals surface area (Å²) in [6.07, 6.45) is 0. The van der Waals surface area contributed by atoms with Crippen LogP contribution in [0.2, 0.25) is 0 Å². The average molecular weight is 312 g/mol. The fraction of sp³-hybridized carbons (Fsp3) is 0.438. The second-order valence-corrected chi connectivity index (χ2v) is 6.17. The smallest absolute Gasteiger partial charge is 0.232 e. The number of benzene rings is 1. The zero-order valence-electron chi connectivity index (χ0n) is 13.7. The summed E-state index contributed by atoms with van der Waals surface area (Å²) >= 11 is 0. The van der Waals surface area contributed by atoms with Crippen LogP contribution in [0.3, 0.4) is 0 Å². The summed E-state index contributed by atoms with van der Waals surface area (Å²) in [7, 11) is 1.76. The van der Waals surface area contributed by atoms with Gasteiger partial charge in [0.2, 0.25) is 5.91 Å². The Labute approximate surface area is 135 Å². The second-order valence-electron chi connectivity index (χ2n) is 6.17. The van der Waals surface area contributed by atoms with E-state index in [2.05, 4.69) is 26.7 Å². The van der Waals surface area contributed by atoms with Crippen molar-refractivity contribution >= 4 is 5.91 Å². The van der Waals surface area contributed by atoms with Crippen LogP contribution >= 0.6 is 0 Å². The van der Waals surface area contributed by atoms with Crippen molar-refractivity contribution < 1.29 is 4.79 Å². The number of nitriles is 1. The number of amides is 1. The molecule has 1 aromatic heterocycles. The van der Waals surface area contributed by atoms with Crippen LogP contribution in [0.5, 0.6) is 0 Å². The lowest BCUT2D eigenvalue weighted by molar-refractivity contribution is -0.135. The van der Waals surface area contributed by atoms with Gasteiger partial charge >= 0.3 is 0 Å². The molecule has 1 amide bonds. The minimum absolute atomic E-state index is 0.0241. The van der Waals surface area contributed by atoms with E-state index in [9.17, 15) is 4.79 Å². The molecule has 2 aromatic rings. The van der Waals surface area contributed by atoms with Crippen molar-refractivity contribution in [2.75, 3.05) is 13.6 Å². The Balaban J connectivity index is 2.15. The van der Waals surface area contributed by atoms with Crippen molar-refractivity contribution in [1.82, 2.24) is 25.5 Å². The quantitative estimate of drug-likeness (QED) is 0.904. The third kappa shape index (κ3) is 3.54.